The van der Waals surface area contributed by atoms with Crippen molar-refractivity contribution in [2.24, 2.45) is 10.2 Å². The number of fused-ring (bicyclic) bond motifs is 1. The van der Waals surface area contributed by atoms with Gasteiger partial charge in [0.25, 0.3) is 0 Å². The first-order valence-electron chi connectivity index (χ1n) is 7.69. The molecule has 0 fully saturated rings. The van der Waals surface area contributed by atoms with Crippen LogP contribution < -0.4 is 0 Å². The predicted octanol–water partition coefficient (Wildman–Crippen LogP) is 3.77. The molecule has 5 heteroatoms. The number of hydrogen-bond acceptors (Lipinski definition) is 4. The van der Waals surface area contributed by atoms with Crippen LogP contribution in [0.5, 0.6) is 0 Å². The summed E-state index contributed by atoms with van der Waals surface area (Å²) >= 11 is 1.74. The Bertz CT molecular complexity index is 647. The molecule has 0 saturated heterocycles. The van der Waals surface area contributed by atoms with E-state index in [1.807, 2.05) is 4.90 Å². The molecule has 2 aliphatic rings. The number of amides is 1. The molecule has 0 spiro atoms. The van der Waals surface area contributed by atoms with Crippen molar-refractivity contribution in [3.05, 3.63) is 21.9 Å². The van der Waals surface area contributed by atoms with Crippen molar-refractivity contribution < 1.29 is 4.79 Å². The Morgan fingerprint density at radius 2 is 2.23 bits per heavy atom. The average molecular weight is 315 g/mol. The van der Waals surface area contributed by atoms with Crippen molar-refractivity contribution >= 4 is 17.2 Å². The maximum Gasteiger partial charge on any atom is 0.223 e. The van der Waals surface area contributed by atoms with Crippen molar-refractivity contribution in [2.75, 3.05) is 0 Å². The lowest BCUT2D eigenvalue weighted by molar-refractivity contribution is -0.138. The van der Waals surface area contributed by atoms with Crippen molar-refractivity contribution in [1.29, 1.82) is 0 Å². The van der Waals surface area contributed by atoms with Gasteiger partial charge in [0.1, 0.15) is 0 Å². The lowest BCUT2D eigenvalue weighted by Gasteiger charge is -2.42. The smallest absolute Gasteiger partial charge is 0.223 e. The number of nitrogens with zero attached hydrogens (tertiary/aromatic N) is 3. The van der Waals surface area contributed by atoms with E-state index in [1.165, 1.54) is 10.4 Å². The maximum atomic E-state index is 12.7. The van der Waals surface area contributed by atoms with Crippen LogP contribution in [0.15, 0.2) is 21.7 Å². The lowest BCUT2D eigenvalue weighted by atomic mass is 9.88. The number of terminal acetylenes is 1. The highest BCUT2D eigenvalue weighted by atomic mass is 32.1. The molecule has 0 aliphatic carbocycles. The molecular weight excluding hydrogens is 294 g/mol. The van der Waals surface area contributed by atoms with E-state index in [4.69, 9.17) is 6.42 Å². The Kier molecular flexibility index (Phi) is 3.82. The Morgan fingerprint density at radius 1 is 1.45 bits per heavy atom. The summed E-state index contributed by atoms with van der Waals surface area (Å²) in [5.74, 6) is 2.82. The molecule has 0 aromatic carbocycles. The second-order valence-corrected chi connectivity index (χ2v) is 7.73. The third-order valence-corrected chi connectivity index (χ3v) is 5.53. The highest BCUT2D eigenvalue weighted by Crippen LogP contribution is 2.39. The number of rotatable bonds is 5. The fourth-order valence-electron chi connectivity index (χ4n) is 3.12. The van der Waals surface area contributed by atoms with Gasteiger partial charge >= 0.3 is 0 Å². The molecule has 116 valence electrons. The fourth-order valence-corrected chi connectivity index (χ4v) is 4.01. The third-order valence-electron chi connectivity index (χ3n) is 4.59. The van der Waals surface area contributed by atoms with Crippen LogP contribution in [0.3, 0.4) is 0 Å². The van der Waals surface area contributed by atoms with Crippen molar-refractivity contribution in [2.45, 2.75) is 63.7 Å². The molecule has 0 saturated carbocycles. The second-order valence-electron chi connectivity index (χ2n) is 6.72. The van der Waals surface area contributed by atoms with Crippen LogP contribution in [-0.2, 0) is 17.8 Å². The van der Waals surface area contributed by atoms with Crippen LogP contribution >= 0.6 is 11.3 Å². The molecule has 0 radical (unpaired) electrons. The summed E-state index contributed by atoms with van der Waals surface area (Å²) in [5, 5.41) is 10.3. The second kappa shape index (κ2) is 5.51. The molecule has 2 aliphatic heterocycles. The van der Waals surface area contributed by atoms with Crippen LogP contribution in [0, 0.1) is 12.3 Å². The molecule has 22 heavy (non-hydrogen) atoms. The first-order valence-corrected chi connectivity index (χ1v) is 8.57. The van der Waals surface area contributed by atoms with Gasteiger partial charge in [-0.15, -0.1) is 23.7 Å². The Labute approximate surface area is 135 Å². The summed E-state index contributed by atoms with van der Waals surface area (Å²) < 4.78 is 0. The highest BCUT2D eigenvalue weighted by molar-refractivity contribution is 7.10. The zero-order valence-electron chi connectivity index (χ0n) is 13.1. The third kappa shape index (κ3) is 2.93. The topological polar surface area (TPSA) is 45.0 Å². The summed E-state index contributed by atoms with van der Waals surface area (Å²) in [6, 6.07) is 2.18. The Balaban J connectivity index is 1.62. The van der Waals surface area contributed by atoms with E-state index in [2.05, 4.69) is 41.4 Å². The van der Waals surface area contributed by atoms with Crippen LogP contribution in [0.1, 0.15) is 50.0 Å². The van der Waals surface area contributed by atoms with E-state index >= 15 is 0 Å². The average Bonchev–Trinajstić information content (AvgIpc) is 3.11. The van der Waals surface area contributed by atoms with Crippen LogP contribution in [0.25, 0.3) is 0 Å². The van der Waals surface area contributed by atoms with Gasteiger partial charge in [0.2, 0.25) is 5.91 Å². The van der Waals surface area contributed by atoms with E-state index in [1.54, 1.807) is 11.3 Å². The molecule has 0 bridgehead atoms. The van der Waals surface area contributed by atoms with Gasteiger partial charge < -0.3 is 4.90 Å². The zero-order chi connectivity index (χ0) is 15.8. The van der Waals surface area contributed by atoms with Gasteiger partial charge in [-0.1, -0.05) is 0 Å². The Morgan fingerprint density at radius 3 is 2.91 bits per heavy atom. The standard InChI is InChI=1S/C17H21N3OS/c1-4-5-8-17(18-19-17)9-6-15(21)20-12-14-13(7-10-22-14)11-16(20,2)3/h1,7,10H,5-6,8-9,11-12H2,2-3H3. The molecule has 1 aromatic rings. The molecule has 3 heterocycles. The number of carbonyl (C=O) groups excluding carboxylic acids is 1. The summed E-state index contributed by atoms with van der Waals surface area (Å²) in [5.41, 5.74) is 0.891. The van der Waals surface area contributed by atoms with Gasteiger partial charge in [0.05, 0.1) is 6.54 Å². The number of thiophene rings is 1. The largest absolute Gasteiger partial charge is 0.332 e. The minimum absolute atomic E-state index is 0.130. The van der Waals surface area contributed by atoms with Crippen LogP contribution in [0.4, 0.5) is 0 Å². The highest BCUT2D eigenvalue weighted by Gasteiger charge is 2.41. The summed E-state index contributed by atoms with van der Waals surface area (Å²) in [7, 11) is 0. The van der Waals surface area contributed by atoms with Gasteiger partial charge in [-0.2, -0.15) is 10.2 Å². The van der Waals surface area contributed by atoms with Gasteiger partial charge in [-0.25, -0.2) is 0 Å². The van der Waals surface area contributed by atoms with Crippen molar-refractivity contribution in [3.63, 3.8) is 0 Å². The summed E-state index contributed by atoms with van der Waals surface area (Å²) in [6.45, 7) is 5.02. The van der Waals surface area contributed by atoms with Gasteiger partial charge in [0, 0.05) is 36.1 Å². The van der Waals surface area contributed by atoms with Crippen molar-refractivity contribution in [3.8, 4) is 12.3 Å². The minimum atomic E-state index is -0.365. The van der Waals surface area contributed by atoms with E-state index in [-0.39, 0.29) is 17.1 Å². The zero-order valence-corrected chi connectivity index (χ0v) is 13.9. The first-order chi connectivity index (χ1) is 10.5. The molecule has 1 aromatic heterocycles. The molecular formula is C17H21N3OS. The normalized spacial score (nSPS) is 20.3. The van der Waals surface area contributed by atoms with Gasteiger partial charge in [-0.3, -0.25) is 4.79 Å². The quantitative estimate of drug-likeness (QED) is 0.763. The molecule has 1 amide bonds. The molecule has 0 N–H and O–H groups in total. The fraction of sp³-hybridized carbons (Fsp3) is 0.588. The van der Waals surface area contributed by atoms with Gasteiger partial charge in [0.15, 0.2) is 5.66 Å². The molecule has 0 unspecified atom stereocenters. The number of hydrogen-bond donors (Lipinski definition) is 0. The summed E-state index contributed by atoms with van der Waals surface area (Å²) in [6.07, 6.45) is 8.81. The summed E-state index contributed by atoms with van der Waals surface area (Å²) in [4.78, 5) is 16.0. The van der Waals surface area contributed by atoms with Crippen molar-refractivity contribution in [1.82, 2.24) is 4.90 Å². The van der Waals surface area contributed by atoms with Gasteiger partial charge in [-0.05, 0) is 37.3 Å². The number of carbonyl (C=O) groups is 1. The van der Waals surface area contributed by atoms with Crippen LogP contribution in [0.2, 0.25) is 0 Å². The Hall–Kier alpha value is -1.67. The molecule has 4 nitrogen and oxygen atoms in total. The lowest BCUT2D eigenvalue weighted by Crippen LogP contribution is -2.51. The first kappa shape index (κ1) is 15.2. The molecule has 3 rings (SSSR count). The predicted molar refractivity (Wildman–Crippen MR) is 87.5 cm³/mol. The minimum Gasteiger partial charge on any atom is -0.332 e. The monoisotopic (exact) mass is 315 g/mol. The molecule has 0 atom stereocenters. The maximum absolute atomic E-state index is 12.7. The SMILES string of the molecule is C#CCCC1(CCC(=O)N2Cc3sccc3CC2(C)C)N=N1. The van der Waals surface area contributed by atoms with E-state index in [9.17, 15) is 4.79 Å². The van der Waals surface area contributed by atoms with E-state index < -0.39 is 0 Å². The van der Waals surface area contributed by atoms with E-state index in [0.717, 1.165) is 19.4 Å². The van der Waals surface area contributed by atoms with Crippen LogP contribution in [-0.4, -0.2) is 22.0 Å². The van der Waals surface area contributed by atoms with E-state index in [0.29, 0.717) is 19.3 Å².